The van der Waals surface area contributed by atoms with Gasteiger partial charge >= 0.3 is 6.03 Å². The van der Waals surface area contributed by atoms with E-state index in [0.717, 1.165) is 85.5 Å². The first kappa shape index (κ1) is 26.6. The molecule has 6 rings (SSSR count). The van der Waals surface area contributed by atoms with Crippen LogP contribution in [0.5, 0.6) is 11.5 Å². The largest absolute Gasteiger partial charge is 0.507 e. The van der Waals surface area contributed by atoms with Gasteiger partial charge in [-0.25, -0.2) is 4.79 Å². The lowest BCUT2D eigenvalue weighted by molar-refractivity contribution is 0.112. The zero-order chi connectivity index (χ0) is 28.2. The lowest BCUT2D eigenvalue weighted by Crippen LogP contribution is -2.19. The van der Waals surface area contributed by atoms with Crippen LogP contribution >= 0.6 is 0 Å². The molecule has 0 saturated carbocycles. The molecular weight excluding hydrogens is 512 g/mol. The minimum atomic E-state index is -0.318. The Labute approximate surface area is 240 Å². The number of anilines is 2. The second-order valence-electron chi connectivity index (χ2n) is 10.9. The Morgan fingerprint density at radius 1 is 0.756 bits per heavy atom. The molecule has 0 spiro atoms. The second kappa shape index (κ2) is 11.9. The summed E-state index contributed by atoms with van der Waals surface area (Å²) in [4.78, 5) is 24.5. The molecule has 0 fully saturated rings. The number of fused-ring (bicyclic) bond motifs is 2. The number of aromatic hydroxyl groups is 1. The zero-order valence-corrected chi connectivity index (χ0v) is 23.0. The summed E-state index contributed by atoms with van der Waals surface area (Å²) in [6.07, 6.45) is 8.82. The van der Waals surface area contributed by atoms with Gasteiger partial charge in [0.2, 0.25) is 0 Å². The number of carbonyl (C=O) groups is 2. The van der Waals surface area contributed by atoms with E-state index in [1.807, 2.05) is 66.7 Å². The predicted molar refractivity (Wildman–Crippen MR) is 162 cm³/mol. The summed E-state index contributed by atoms with van der Waals surface area (Å²) in [5.41, 5.74) is 9.11. The summed E-state index contributed by atoms with van der Waals surface area (Å²) >= 11 is 0. The Morgan fingerprint density at radius 2 is 1.44 bits per heavy atom. The number of benzene rings is 4. The molecule has 2 aliphatic rings. The first-order chi connectivity index (χ1) is 20.1. The van der Waals surface area contributed by atoms with E-state index in [2.05, 4.69) is 16.7 Å². The van der Waals surface area contributed by atoms with Crippen LogP contribution < -0.4 is 15.4 Å². The quantitative estimate of drug-likeness (QED) is 0.206. The van der Waals surface area contributed by atoms with Gasteiger partial charge in [0.15, 0.2) is 6.29 Å². The molecule has 2 aliphatic carbocycles. The first-order valence-corrected chi connectivity index (χ1v) is 14.4. The average Bonchev–Trinajstić information content (AvgIpc) is 3.00. The maximum absolute atomic E-state index is 12.5. The number of para-hydroxylation sites is 1. The van der Waals surface area contributed by atoms with Crippen molar-refractivity contribution >= 4 is 23.7 Å². The van der Waals surface area contributed by atoms with Crippen LogP contribution in [-0.4, -0.2) is 17.4 Å². The fourth-order valence-corrected chi connectivity index (χ4v) is 6.19. The predicted octanol–water partition coefficient (Wildman–Crippen LogP) is 7.85. The van der Waals surface area contributed by atoms with Gasteiger partial charge in [-0.1, -0.05) is 36.4 Å². The number of carbonyl (C=O) groups excluding carboxylic acids is 2. The topological polar surface area (TPSA) is 87.7 Å². The normalized spacial score (nSPS) is 14.0. The summed E-state index contributed by atoms with van der Waals surface area (Å²) in [7, 11) is 0. The number of amides is 2. The molecule has 3 N–H and O–H groups in total. The van der Waals surface area contributed by atoms with Crippen LogP contribution in [-0.2, 0) is 32.3 Å². The highest BCUT2D eigenvalue weighted by molar-refractivity contribution is 5.99. The monoisotopic (exact) mass is 546 g/mol. The van der Waals surface area contributed by atoms with Crippen molar-refractivity contribution in [1.82, 2.24) is 0 Å². The molecule has 0 atom stereocenters. The molecule has 0 aromatic heterocycles. The van der Waals surface area contributed by atoms with E-state index >= 15 is 0 Å². The van der Waals surface area contributed by atoms with E-state index in [0.29, 0.717) is 22.7 Å². The molecule has 0 unspecified atom stereocenters. The standard InChI is InChI=1S/C35H34N2O4/c38-21-26-20-25-11-5-7-16-30(25)33(34(26)39)32-29-15-6-4-10-24(29)17-18-31(32)41-22-23-9-8-14-28(19-23)37-35(40)36-27-12-2-1-3-13-27/h1-3,8-9,12-14,17-21,39H,4-7,10-11,15-16,22H2,(H2,36,37,40). The molecule has 6 heteroatoms. The molecule has 41 heavy (non-hydrogen) atoms. The first-order valence-electron chi connectivity index (χ1n) is 14.4. The van der Waals surface area contributed by atoms with Crippen LogP contribution in [0.15, 0.2) is 72.8 Å². The van der Waals surface area contributed by atoms with E-state index in [-0.39, 0.29) is 18.4 Å². The van der Waals surface area contributed by atoms with Gasteiger partial charge in [-0.3, -0.25) is 4.79 Å². The molecule has 0 aliphatic heterocycles. The van der Waals surface area contributed by atoms with Crippen LogP contribution in [0, 0.1) is 0 Å². The summed E-state index contributed by atoms with van der Waals surface area (Å²) < 4.78 is 6.49. The molecule has 0 radical (unpaired) electrons. The fourth-order valence-electron chi connectivity index (χ4n) is 6.19. The van der Waals surface area contributed by atoms with Gasteiger partial charge in [-0.15, -0.1) is 0 Å². The number of hydrogen-bond donors (Lipinski definition) is 3. The van der Waals surface area contributed by atoms with E-state index in [1.54, 1.807) is 0 Å². The number of urea groups is 1. The Balaban J connectivity index is 1.31. The Kier molecular flexibility index (Phi) is 7.72. The second-order valence-corrected chi connectivity index (χ2v) is 10.9. The molecule has 2 amide bonds. The number of rotatable bonds is 7. The smallest absolute Gasteiger partial charge is 0.323 e. The molecule has 6 nitrogen and oxygen atoms in total. The number of hydrogen-bond acceptors (Lipinski definition) is 4. The summed E-state index contributed by atoms with van der Waals surface area (Å²) in [5, 5.41) is 17.1. The minimum Gasteiger partial charge on any atom is -0.507 e. The highest BCUT2D eigenvalue weighted by Gasteiger charge is 2.27. The molecule has 4 aromatic rings. The summed E-state index contributed by atoms with van der Waals surface area (Å²) in [6, 6.07) is 22.6. The number of aldehydes is 1. The zero-order valence-electron chi connectivity index (χ0n) is 23.0. The van der Waals surface area contributed by atoms with Gasteiger partial charge in [0, 0.05) is 22.5 Å². The third-order valence-corrected chi connectivity index (χ3v) is 8.13. The van der Waals surface area contributed by atoms with E-state index < -0.39 is 0 Å². The summed E-state index contributed by atoms with van der Waals surface area (Å²) in [6.45, 7) is 0.290. The number of aryl methyl sites for hydroxylation is 2. The highest BCUT2D eigenvalue weighted by atomic mass is 16.5. The van der Waals surface area contributed by atoms with Gasteiger partial charge in [0.1, 0.15) is 18.1 Å². The lowest BCUT2D eigenvalue weighted by Gasteiger charge is -2.27. The molecule has 208 valence electrons. The van der Waals surface area contributed by atoms with Crippen molar-refractivity contribution in [3.8, 4) is 22.6 Å². The molecule has 0 bridgehead atoms. The van der Waals surface area contributed by atoms with Gasteiger partial charge in [0.25, 0.3) is 0 Å². The lowest BCUT2D eigenvalue weighted by atomic mass is 9.79. The number of phenolic OH excluding ortho intramolecular Hbond substituents is 1. The fraction of sp³-hybridized carbons (Fsp3) is 0.257. The van der Waals surface area contributed by atoms with Crippen LogP contribution in [0.3, 0.4) is 0 Å². The van der Waals surface area contributed by atoms with Crippen molar-refractivity contribution in [2.45, 2.75) is 58.0 Å². The van der Waals surface area contributed by atoms with E-state index in [9.17, 15) is 14.7 Å². The van der Waals surface area contributed by atoms with Crippen LogP contribution in [0.1, 0.15) is 63.9 Å². The van der Waals surface area contributed by atoms with Crippen molar-refractivity contribution in [2.75, 3.05) is 10.6 Å². The Morgan fingerprint density at radius 3 is 2.22 bits per heavy atom. The SMILES string of the molecule is O=Cc1cc2c(c(-c3c(OCc4cccc(NC(=O)Nc5ccccc5)c4)ccc4c3CCCC4)c1O)CCCC2. The third-order valence-electron chi connectivity index (χ3n) is 8.13. The van der Waals surface area contributed by atoms with Crippen molar-refractivity contribution in [1.29, 1.82) is 0 Å². The molecular formula is C35H34N2O4. The van der Waals surface area contributed by atoms with Crippen LogP contribution in [0.2, 0.25) is 0 Å². The van der Waals surface area contributed by atoms with Gasteiger partial charge in [0.05, 0.1) is 5.56 Å². The van der Waals surface area contributed by atoms with Gasteiger partial charge in [-0.2, -0.15) is 0 Å². The van der Waals surface area contributed by atoms with Gasteiger partial charge in [-0.05, 0) is 116 Å². The Bertz CT molecular complexity index is 1600. The maximum atomic E-state index is 12.5. The molecule has 0 heterocycles. The molecule has 0 saturated heterocycles. The number of ether oxygens (including phenoxy) is 1. The van der Waals surface area contributed by atoms with E-state index in [4.69, 9.17) is 4.74 Å². The average molecular weight is 547 g/mol. The Hall–Kier alpha value is -4.58. The van der Waals surface area contributed by atoms with Crippen LogP contribution in [0.4, 0.5) is 16.2 Å². The minimum absolute atomic E-state index is 0.0556. The van der Waals surface area contributed by atoms with E-state index in [1.165, 1.54) is 11.1 Å². The summed E-state index contributed by atoms with van der Waals surface area (Å²) in [5.74, 6) is 0.761. The van der Waals surface area contributed by atoms with Gasteiger partial charge < -0.3 is 20.5 Å². The molecule has 4 aromatic carbocycles. The van der Waals surface area contributed by atoms with Crippen LogP contribution in [0.25, 0.3) is 11.1 Å². The maximum Gasteiger partial charge on any atom is 0.323 e. The number of nitrogens with one attached hydrogen (secondary N) is 2. The third kappa shape index (κ3) is 5.68. The highest BCUT2D eigenvalue weighted by Crippen LogP contribution is 2.47. The van der Waals surface area contributed by atoms with Crippen molar-refractivity contribution < 1.29 is 19.4 Å². The van der Waals surface area contributed by atoms with Crippen molar-refractivity contribution in [2.24, 2.45) is 0 Å². The number of phenols is 1. The van der Waals surface area contributed by atoms with Crippen molar-refractivity contribution in [3.05, 3.63) is 106 Å². The van der Waals surface area contributed by atoms with Crippen molar-refractivity contribution in [3.63, 3.8) is 0 Å².